The molecular weight excluding hydrogens is 309 g/mol. The summed E-state index contributed by atoms with van der Waals surface area (Å²) in [5.41, 5.74) is 3.39. The summed E-state index contributed by atoms with van der Waals surface area (Å²) >= 11 is 3.40. The molecule has 0 radical (unpaired) electrons. The molecule has 2 aromatic rings. The van der Waals surface area contributed by atoms with Crippen LogP contribution in [-0.4, -0.2) is 6.54 Å². The van der Waals surface area contributed by atoms with Gasteiger partial charge in [-0.25, -0.2) is 4.39 Å². The second kappa shape index (κ2) is 5.88. The van der Waals surface area contributed by atoms with Crippen molar-refractivity contribution >= 4 is 15.9 Å². The molecule has 1 aromatic heterocycles. The van der Waals surface area contributed by atoms with Gasteiger partial charge in [-0.15, -0.1) is 0 Å². The molecule has 0 saturated heterocycles. The monoisotopic (exact) mass is 325 g/mol. The van der Waals surface area contributed by atoms with Crippen LogP contribution in [0.4, 0.5) is 4.39 Å². The minimum atomic E-state index is -0.134. The van der Waals surface area contributed by atoms with Gasteiger partial charge in [0.05, 0.1) is 12.3 Å². The zero-order valence-electron chi connectivity index (χ0n) is 11.3. The molecule has 2 rings (SSSR count). The van der Waals surface area contributed by atoms with Crippen molar-refractivity contribution in [2.45, 2.75) is 26.8 Å². The Morgan fingerprint density at radius 2 is 1.95 bits per heavy atom. The molecule has 0 amide bonds. The molecule has 19 heavy (non-hydrogen) atoms. The van der Waals surface area contributed by atoms with E-state index in [9.17, 15) is 4.39 Å². The van der Waals surface area contributed by atoms with Crippen molar-refractivity contribution in [3.8, 4) is 0 Å². The molecule has 0 aliphatic heterocycles. The molecule has 0 spiro atoms. The molecule has 1 heterocycles. The van der Waals surface area contributed by atoms with Gasteiger partial charge in [-0.3, -0.25) is 0 Å². The molecule has 2 nitrogen and oxygen atoms in total. The standard InChI is InChI=1S/C15H17BrFNO/c1-4-18-14(12-5-6-19-15(12)16)11-7-9(2)13(17)10(3)8-11/h5-8,14,18H,4H2,1-3H3. The summed E-state index contributed by atoms with van der Waals surface area (Å²) < 4.78 is 19.7. The topological polar surface area (TPSA) is 25.2 Å². The van der Waals surface area contributed by atoms with Crippen molar-refractivity contribution in [2.75, 3.05) is 6.54 Å². The molecule has 0 aliphatic rings. The smallest absolute Gasteiger partial charge is 0.174 e. The molecule has 1 aromatic carbocycles. The SMILES string of the molecule is CCNC(c1cc(C)c(F)c(C)c1)c1ccoc1Br. The number of halogens is 2. The van der Waals surface area contributed by atoms with Gasteiger partial charge in [0.15, 0.2) is 4.67 Å². The van der Waals surface area contributed by atoms with Crippen molar-refractivity contribution in [3.05, 3.63) is 57.2 Å². The fraction of sp³-hybridized carbons (Fsp3) is 0.333. The first kappa shape index (κ1) is 14.3. The summed E-state index contributed by atoms with van der Waals surface area (Å²) in [4.78, 5) is 0. The summed E-state index contributed by atoms with van der Waals surface area (Å²) in [6, 6.07) is 5.69. The summed E-state index contributed by atoms with van der Waals surface area (Å²) in [6.07, 6.45) is 1.65. The van der Waals surface area contributed by atoms with Gasteiger partial charge < -0.3 is 9.73 Å². The maximum absolute atomic E-state index is 13.7. The van der Waals surface area contributed by atoms with E-state index in [4.69, 9.17) is 4.42 Å². The highest BCUT2D eigenvalue weighted by Gasteiger charge is 2.19. The highest BCUT2D eigenvalue weighted by Crippen LogP contribution is 2.31. The average molecular weight is 326 g/mol. The lowest BCUT2D eigenvalue weighted by Gasteiger charge is -2.19. The second-order valence-corrected chi connectivity index (χ2v) is 5.33. The largest absolute Gasteiger partial charge is 0.457 e. The quantitative estimate of drug-likeness (QED) is 0.895. The van der Waals surface area contributed by atoms with Crippen molar-refractivity contribution in [2.24, 2.45) is 0 Å². The average Bonchev–Trinajstić information content (AvgIpc) is 2.78. The maximum atomic E-state index is 13.7. The summed E-state index contributed by atoms with van der Waals surface area (Å²) in [5, 5.41) is 3.40. The Balaban J connectivity index is 2.48. The van der Waals surface area contributed by atoms with E-state index >= 15 is 0 Å². The van der Waals surface area contributed by atoms with E-state index in [1.54, 1.807) is 20.1 Å². The zero-order valence-corrected chi connectivity index (χ0v) is 12.8. The Labute approximate surface area is 121 Å². The highest BCUT2D eigenvalue weighted by atomic mass is 79.9. The number of furan rings is 1. The van der Waals surface area contributed by atoms with E-state index in [1.807, 2.05) is 25.1 Å². The normalized spacial score (nSPS) is 12.7. The minimum absolute atomic E-state index is 0.00359. The Kier molecular flexibility index (Phi) is 4.42. The Hall–Kier alpha value is -1.13. The number of rotatable bonds is 4. The highest BCUT2D eigenvalue weighted by molar-refractivity contribution is 9.10. The Morgan fingerprint density at radius 3 is 2.42 bits per heavy atom. The summed E-state index contributed by atoms with van der Waals surface area (Å²) in [6.45, 7) is 6.44. The first-order valence-corrected chi connectivity index (χ1v) is 7.06. The van der Waals surface area contributed by atoms with Gasteiger partial charge in [0.1, 0.15) is 5.82 Å². The van der Waals surface area contributed by atoms with Gasteiger partial charge in [0, 0.05) is 5.56 Å². The second-order valence-electron chi connectivity index (χ2n) is 4.61. The lowest BCUT2D eigenvalue weighted by atomic mass is 9.97. The third kappa shape index (κ3) is 2.90. The van der Waals surface area contributed by atoms with Crippen LogP contribution in [-0.2, 0) is 0 Å². The molecule has 0 fully saturated rings. The lowest BCUT2D eigenvalue weighted by molar-refractivity contribution is 0.526. The van der Waals surface area contributed by atoms with E-state index in [1.165, 1.54) is 0 Å². The van der Waals surface area contributed by atoms with E-state index in [2.05, 4.69) is 21.2 Å². The van der Waals surface area contributed by atoms with Crippen LogP contribution in [0.15, 0.2) is 33.5 Å². The van der Waals surface area contributed by atoms with Gasteiger partial charge in [-0.1, -0.05) is 19.1 Å². The van der Waals surface area contributed by atoms with Crippen molar-refractivity contribution in [1.82, 2.24) is 5.32 Å². The van der Waals surface area contributed by atoms with Crippen LogP contribution in [0, 0.1) is 19.7 Å². The predicted molar refractivity (Wildman–Crippen MR) is 77.8 cm³/mol. The lowest BCUT2D eigenvalue weighted by Crippen LogP contribution is -2.22. The number of aryl methyl sites for hydroxylation is 2. The molecular formula is C15H17BrFNO. The van der Waals surface area contributed by atoms with Crippen LogP contribution in [0.5, 0.6) is 0 Å². The number of nitrogens with one attached hydrogen (secondary N) is 1. The van der Waals surface area contributed by atoms with Gasteiger partial charge >= 0.3 is 0 Å². The fourth-order valence-electron chi connectivity index (χ4n) is 2.27. The van der Waals surface area contributed by atoms with E-state index in [0.717, 1.165) is 17.7 Å². The van der Waals surface area contributed by atoms with Crippen molar-refractivity contribution in [3.63, 3.8) is 0 Å². The van der Waals surface area contributed by atoms with Crippen LogP contribution in [0.3, 0.4) is 0 Å². The molecule has 4 heteroatoms. The van der Waals surface area contributed by atoms with Crippen LogP contribution >= 0.6 is 15.9 Å². The number of hydrogen-bond donors (Lipinski definition) is 1. The minimum Gasteiger partial charge on any atom is -0.457 e. The molecule has 1 unspecified atom stereocenters. The van der Waals surface area contributed by atoms with Crippen LogP contribution in [0.25, 0.3) is 0 Å². The molecule has 1 atom stereocenters. The zero-order chi connectivity index (χ0) is 14.0. The molecule has 0 saturated carbocycles. The van der Waals surface area contributed by atoms with Crippen LogP contribution < -0.4 is 5.32 Å². The maximum Gasteiger partial charge on any atom is 0.174 e. The van der Waals surface area contributed by atoms with Crippen molar-refractivity contribution < 1.29 is 8.81 Å². The van der Waals surface area contributed by atoms with E-state index < -0.39 is 0 Å². The number of hydrogen-bond acceptors (Lipinski definition) is 2. The van der Waals surface area contributed by atoms with Gasteiger partial charge in [-0.2, -0.15) is 0 Å². The number of benzene rings is 1. The van der Waals surface area contributed by atoms with Gasteiger partial charge in [-0.05, 0) is 59.1 Å². The fourth-order valence-corrected chi connectivity index (χ4v) is 2.74. The molecule has 102 valence electrons. The van der Waals surface area contributed by atoms with E-state index in [-0.39, 0.29) is 11.9 Å². The van der Waals surface area contributed by atoms with Gasteiger partial charge in [0.2, 0.25) is 0 Å². The predicted octanol–water partition coefficient (Wildman–Crippen LogP) is 4.50. The Morgan fingerprint density at radius 1 is 1.32 bits per heavy atom. The van der Waals surface area contributed by atoms with E-state index in [0.29, 0.717) is 15.8 Å². The van der Waals surface area contributed by atoms with Crippen molar-refractivity contribution in [1.29, 1.82) is 0 Å². The molecule has 0 bridgehead atoms. The molecule has 0 aliphatic carbocycles. The third-order valence-corrected chi connectivity index (χ3v) is 3.80. The van der Waals surface area contributed by atoms with Gasteiger partial charge in [0.25, 0.3) is 0 Å². The first-order chi connectivity index (χ1) is 9.04. The summed E-state index contributed by atoms with van der Waals surface area (Å²) in [5.74, 6) is -0.134. The Bertz CT molecular complexity index is 556. The first-order valence-electron chi connectivity index (χ1n) is 6.27. The molecule has 1 N–H and O–H groups in total. The van der Waals surface area contributed by atoms with Crippen LogP contribution in [0.2, 0.25) is 0 Å². The summed E-state index contributed by atoms with van der Waals surface area (Å²) in [7, 11) is 0. The van der Waals surface area contributed by atoms with Crippen LogP contribution in [0.1, 0.15) is 35.2 Å². The third-order valence-electron chi connectivity index (χ3n) is 3.16.